The monoisotopic (exact) mass is 359 g/mol. The average Bonchev–Trinajstić information content (AvgIpc) is 3.41. The molecule has 5 heterocycles. The van der Waals surface area contributed by atoms with Gasteiger partial charge in [0.25, 0.3) is 0 Å². The Morgan fingerprint density at radius 1 is 1.07 bits per heavy atom. The smallest absolute Gasteiger partial charge is 0.221 e. The zero-order chi connectivity index (χ0) is 18.2. The molecule has 0 aliphatic carbocycles. The number of hydrogen-bond donors (Lipinski definition) is 0. The Bertz CT molecular complexity index is 1230. The zero-order valence-corrected chi connectivity index (χ0v) is 14.8. The van der Waals surface area contributed by atoms with Crippen molar-refractivity contribution in [2.24, 2.45) is 0 Å². The molecule has 27 heavy (non-hydrogen) atoms. The molecule has 0 saturated heterocycles. The van der Waals surface area contributed by atoms with Crippen LogP contribution in [0.4, 0.5) is 0 Å². The Morgan fingerprint density at radius 2 is 2.04 bits per heavy atom. The van der Waals surface area contributed by atoms with E-state index in [1.807, 2.05) is 46.0 Å². The predicted octanol–water partition coefficient (Wildman–Crippen LogP) is 2.19. The molecular weight excluding hydrogens is 342 g/mol. The number of pyridine rings is 1. The summed E-state index contributed by atoms with van der Waals surface area (Å²) in [5.41, 5.74) is 4.87. The summed E-state index contributed by atoms with van der Waals surface area (Å²) in [7, 11) is 0. The normalized spacial score (nSPS) is 11.6. The average molecular weight is 359 g/mol. The van der Waals surface area contributed by atoms with Crippen molar-refractivity contribution in [2.45, 2.75) is 26.4 Å². The highest BCUT2D eigenvalue weighted by Crippen LogP contribution is 2.18. The van der Waals surface area contributed by atoms with Gasteiger partial charge in [0.2, 0.25) is 5.65 Å². The highest BCUT2D eigenvalue weighted by atomic mass is 15.5. The van der Waals surface area contributed by atoms with Crippen molar-refractivity contribution in [3.05, 3.63) is 54.9 Å². The molecule has 0 aliphatic heterocycles. The number of aryl methyl sites for hydroxylation is 1. The molecule has 0 N–H and O–H groups in total. The van der Waals surface area contributed by atoms with Crippen LogP contribution in [0.2, 0.25) is 0 Å². The van der Waals surface area contributed by atoms with Crippen molar-refractivity contribution in [1.82, 2.24) is 44.1 Å². The molecule has 9 heteroatoms. The molecule has 0 atom stereocenters. The van der Waals surface area contributed by atoms with Crippen LogP contribution in [0.3, 0.4) is 0 Å². The van der Waals surface area contributed by atoms with Gasteiger partial charge in [-0.3, -0.25) is 4.68 Å². The first kappa shape index (κ1) is 15.6. The Labute approximate surface area is 154 Å². The molecule has 134 valence electrons. The van der Waals surface area contributed by atoms with Crippen LogP contribution >= 0.6 is 0 Å². The Balaban J connectivity index is 1.50. The van der Waals surface area contributed by atoms with Gasteiger partial charge in [-0.1, -0.05) is 18.2 Å². The molecule has 5 aromatic rings. The molecule has 0 radical (unpaired) electrons. The lowest BCUT2D eigenvalue weighted by atomic mass is 10.2. The highest BCUT2D eigenvalue weighted by Gasteiger charge is 2.12. The van der Waals surface area contributed by atoms with Gasteiger partial charge in [0.1, 0.15) is 5.65 Å². The van der Waals surface area contributed by atoms with Gasteiger partial charge in [0.05, 0.1) is 24.6 Å². The summed E-state index contributed by atoms with van der Waals surface area (Å²) >= 11 is 0. The van der Waals surface area contributed by atoms with Crippen molar-refractivity contribution in [3.8, 4) is 11.3 Å². The van der Waals surface area contributed by atoms with Crippen LogP contribution in [0, 0.1) is 0 Å². The molecule has 0 unspecified atom stereocenters. The second-order valence-corrected chi connectivity index (χ2v) is 6.37. The van der Waals surface area contributed by atoms with E-state index in [9.17, 15) is 0 Å². The maximum Gasteiger partial charge on any atom is 0.221 e. The first-order chi connectivity index (χ1) is 13.3. The van der Waals surface area contributed by atoms with Crippen molar-refractivity contribution >= 4 is 16.9 Å². The van der Waals surface area contributed by atoms with Crippen molar-refractivity contribution in [3.63, 3.8) is 0 Å². The summed E-state index contributed by atoms with van der Waals surface area (Å²) in [6.07, 6.45) is 12.3. The van der Waals surface area contributed by atoms with Crippen LogP contribution in [0.15, 0.2) is 49.3 Å². The Morgan fingerprint density at radius 3 is 2.96 bits per heavy atom. The van der Waals surface area contributed by atoms with E-state index < -0.39 is 0 Å². The molecule has 5 aromatic heterocycles. The molecule has 0 aromatic carbocycles. The Kier molecular flexibility index (Phi) is 3.63. The van der Waals surface area contributed by atoms with Crippen molar-refractivity contribution in [1.29, 1.82) is 0 Å². The summed E-state index contributed by atoms with van der Waals surface area (Å²) in [4.78, 5) is 13.4. The van der Waals surface area contributed by atoms with Crippen molar-refractivity contribution < 1.29 is 0 Å². The zero-order valence-electron chi connectivity index (χ0n) is 14.8. The Hall–Kier alpha value is -3.62. The number of hydrogen-bond acceptors (Lipinski definition) is 6. The van der Waals surface area contributed by atoms with Crippen LogP contribution in [0.1, 0.15) is 18.9 Å². The first-order valence-electron chi connectivity index (χ1n) is 8.81. The molecule has 0 aliphatic rings. The number of rotatable bonds is 5. The number of imidazole rings is 1. The van der Waals surface area contributed by atoms with E-state index in [0.29, 0.717) is 17.8 Å². The molecule has 0 saturated carbocycles. The third kappa shape index (κ3) is 2.82. The topological polar surface area (TPSA) is 91.6 Å². The van der Waals surface area contributed by atoms with Gasteiger partial charge in [0, 0.05) is 36.9 Å². The summed E-state index contributed by atoms with van der Waals surface area (Å²) in [6, 6.07) is 4.01. The first-order valence-corrected chi connectivity index (χ1v) is 8.81. The third-order valence-electron chi connectivity index (χ3n) is 4.39. The number of fused-ring (bicyclic) bond motifs is 2. The van der Waals surface area contributed by atoms with Crippen LogP contribution in [-0.4, -0.2) is 44.1 Å². The minimum absolute atomic E-state index is 0.531. The second kappa shape index (κ2) is 6.27. The standard InChI is InChI=1S/C18H17N9/c1-2-6-26-12-14(8-21-26)15-9-20-17-18(22-15)27(24-23-17)11-13-3-4-16-19-5-7-25(16)10-13/h3-5,7-10,12H,2,6,11H2,1H3. The molecule has 5 rings (SSSR count). The van der Waals surface area contributed by atoms with Crippen LogP contribution in [0.5, 0.6) is 0 Å². The SMILES string of the molecule is CCCn1cc(-c2cnc3nnn(Cc4ccc5nccn5c4)c3n2)cn1. The maximum absolute atomic E-state index is 4.73. The lowest BCUT2D eigenvalue weighted by molar-refractivity contribution is 0.603. The molecule has 0 spiro atoms. The molecule has 0 bridgehead atoms. The maximum atomic E-state index is 4.73. The summed E-state index contributed by atoms with van der Waals surface area (Å²) in [5.74, 6) is 0. The van der Waals surface area contributed by atoms with E-state index in [1.54, 1.807) is 17.1 Å². The van der Waals surface area contributed by atoms with Gasteiger partial charge in [-0.25, -0.2) is 19.6 Å². The van der Waals surface area contributed by atoms with E-state index in [0.717, 1.165) is 35.4 Å². The fraction of sp³-hybridized carbons (Fsp3) is 0.222. The molecular formula is C18H17N9. The minimum Gasteiger partial charge on any atom is -0.307 e. The fourth-order valence-corrected chi connectivity index (χ4v) is 3.08. The van der Waals surface area contributed by atoms with E-state index in [1.165, 1.54) is 0 Å². The van der Waals surface area contributed by atoms with Gasteiger partial charge in [-0.05, 0) is 18.1 Å². The largest absolute Gasteiger partial charge is 0.307 e. The van der Waals surface area contributed by atoms with Gasteiger partial charge in [0.15, 0.2) is 5.65 Å². The second-order valence-electron chi connectivity index (χ2n) is 6.37. The van der Waals surface area contributed by atoms with E-state index >= 15 is 0 Å². The summed E-state index contributed by atoms with van der Waals surface area (Å²) in [6.45, 7) is 3.56. The molecule has 9 nitrogen and oxygen atoms in total. The fourth-order valence-electron chi connectivity index (χ4n) is 3.08. The van der Waals surface area contributed by atoms with Crippen LogP contribution < -0.4 is 0 Å². The summed E-state index contributed by atoms with van der Waals surface area (Å²) in [5, 5.41) is 12.7. The van der Waals surface area contributed by atoms with Gasteiger partial charge in [-0.15, -0.1) is 5.10 Å². The van der Waals surface area contributed by atoms with Crippen LogP contribution in [0.25, 0.3) is 28.2 Å². The lowest BCUT2D eigenvalue weighted by Crippen LogP contribution is -2.04. The predicted molar refractivity (Wildman–Crippen MR) is 98.9 cm³/mol. The van der Waals surface area contributed by atoms with Crippen LogP contribution in [-0.2, 0) is 13.1 Å². The highest BCUT2D eigenvalue weighted by molar-refractivity contribution is 5.69. The van der Waals surface area contributed by atoms with Gasteiger partial charge < -0.3 is 4.40 Å². The number of aromatic nitrogens is 9. The van der Waals surface area contributed by atoms with Gasteiger partial charge in [-0.2, -0.15) is 5.10 Å². The van der Waals surface area contributed by atoms with Gasteiger partial charge >= 0.3 is 0 Å². The minimum atomic E-state index is 0.531. The van der Waals surface area contributed by atoms with Crippen molar-refractivity contribution in [2.75, 3.05) is 0 Å². The molecule has 0 fully saturated rings. The van der Waals surface area contributed by atoms with E-state index in [4.69, 9.17) is 4.98 Å². The lowest BCUT2D eigenvalue weighted by Gasteiger charge is -2.04. The van der Waals surface area contributed by atoms with E-state index in [-0.39, 0.29) is 0 Å². The molecule has 0 amide bonds. The van der Waals surface area contributed by atoms with E-state index in [2.05, 4.69) is 32.3 Å². The number of nitrogens with zero attached hydrogens (tertiary/aromatic N) is 9. The summed E-state index contributed by atoms with van der Waals surface area (Å²) < 4.78 is 5.66. The quantitative estimate of drug-likeness (QED) is 0.478. The third-order valence-corrected chi connectivity index (χ3v) is 4.39.